The Labute approximate surface area is 162 Å². The first-order valence-electron chi connectivity index (χ1n) is 9.12. The fourth-order valence-electron chi connectivity index (χ4n) is 3.77. The molecule has 0 spiro atoms. The molecule has 6 heteroatoms. The lowest BCUT2D eigenvalue weighted by molar-refractivity contribution is -0.135. The highest BCUT2D eigenvalue weighted by atomic mass is 32.1. The van der Waals surface area contributed by atoms with Gasteiger partial charge in [-0.25, -0.2) is 0 Å². The van der Waals surface area contributed by atoms with Crippen molar-refractivity contribution in [3.05, 3.63) is 52.7 Å². The number of carbonyl (C=O) groups excluding carboxylic acids is 2. The maximum absolute atomic E-state index is 13.0. The quantitative estimate of drug-likeness (QED) is 0.814. The van der Waals surface area contributed by atoms with E-state index < -0.39 is 0 Å². The first-order chi connectivity index (χ1) is 13.2. The summed E-state index contributed by atoms with van der Waals surface area (Å²) in [5, 5.41) is 2.07. The Morgan fingerprint density at radius 1 is 1.22 bits per heavy atom. The molecule has 0 N–H and O–H groups in total. The van der Waals surface area contributed by atoms with Crippen molar-refractivity contribution in [1.29, 1.82) is 0 Å². The summed E-state index contributed by atoms with van der Waals surface area (Å²) in [6, 6.07) is 11.6. The molecule has 1 unspecified atom stereocenters. The van der Waals surface area contributed by atoms with Crippen LogP contribution in [0.15, 0.2) is 47.9 Å². The number of methoxy groups -OCH3 is 1. The first kappa shape index (κ1) is 17.8. The van der Waals surface area contributed by atoms with E-state index in [4.69, 9.17) is 4.74 Å². The van der Waals surface area contributed by atoms with Crippen LogP contribution in [0.2, 0.25) is 0 Å². The molecule has 1 fully saturated rings. The van der Waals surface area contributed by atoms with Crippen molar-refractivity contribution >= 4 is 34.4 Å². The number of carbonyl (C=O) groups is 2. The summed E-state index contributed by atoms with van der Waals surface area (Å²) >= 11 is 1.73. The molecule has 0 saturated carbocycles. The van der Waals surface area contributed by atoms with Gasteiger partial charge in [0.15, 0.2) is 0 Å². The zero-order valence-corrected chi connectivity index (χ0v) is 16.1. The summed E-state index contributed by atoms with van der Waals surface area (Å²) < 4.78 is 5.37. The van der Waals surface area contributed by atoms with Gasteiger partial charge in [-0.2, -0.15) is 0 Å². The molecule has 5 nitrogen and oxygen atoms in total. The average Bonchev–Trinajstić information content (AvgIpc) is 3.37. The molecule has 0 radical (unpaired) electrons. The monoisotopic (exact) mass is 382 g/mol. The van der Waals surface area contributed by atoms with Crippen LogP contribution in [-0.4, -0.2) is 43.5 Å². The van der Waals surface area contributed by atoms with Gasteiger partial charge in [-0.3, -0.25) is 9.59 Å². The maximum atomic E-state index is 13.0. The smallest absolute Gasteiger partial charge is 0.228 e. The van der Waals surface area contributed by atoms with Crippen LogP contribution in [0.5, 0.6) is 5.75 Å². The van der Waals surface area contributed by atoms with Crippen LogP contribution in [0.1, 0.15) is 17.7 Å². The third kappa shape index (κ3) is 3.49. The molecule has 1 aromatic carbocycles. The molecule has 2 aliphatic heterocycles. The van der Waals surface area contributed by atoms with Crippen molar-refractivity contribution in [2.45, 2.75) is 12.8 Å². The molecule has 27 heavy (non-hydrogen) atoms. The van der Waals surface area contributed by atoms with E-state index in [2.05, 4.69) is 23.6 Å². The standard InChI is InChI=1S/C21H22N2O3S/c1-26-18-6-3-2-5-17(18)23-14-16(13-20(23)24)21(25)22-10-8-15(9-11-22)19-7-4-12-27-19/h2-8,12,16H,9-11,13-14H2,1H3. The molecule has 0 bridgehead atoms. The third-order valence-electron chi connectivity index (χ3n) is 5.21. The molecule has 2 aliphatic rings. The van der Waals surface area contributed by atoms with E-state index in [0.717, 1.165) is 12.1 Å². The lowest BCUT2D eigenvalue weighted by Gasteiger charge is -2.28. The van der Waals surface area contributed by atoms with Crippen LogP contribution in [0.3, 0.4) is 0 Å². The summed E-state index contributed by atoms with van der Waals surface area (Å²) in [6.45, 7) is 1.74. The number of ether oxygens (including phenoxy) is 1. The van der Waals surface area contributed by atoms with Gasteiger partial charge in [0.2, 0.25) is 11.8 Å². The molecule has 4 rings (SSSR count). The number of anilines is 1. The Balaban J connectivity index is 1.44. The van der Waals surface area contributed by atoms with E-state index in [1.165, 1.54) is 10.5 Å². The second kappa shape index (κ2) is 7.56. The number of hydrogen-bond donors (Lipinski definition) is 0. The first-order valence-corrected chi connectivity index (χ1v) is 10.0. The Kier molecular flexibility index (Phi) is 4.99. The molecule has 2 aromatic rings. The lowest BCUT2D eigenvalue weighted by atomic mass is 10.0. The molecule has 0 aliphatic carbocycles. The second-order valence-electron chi connectivity index (χ2n) is 6.82. The molecule has 1 atom stereocenters. The Morgan fingerprint density at radius 2 is 2.07 bits per heavy atom. The van der Waals surface area contributed by atoms with Gasteiger partial charge in [-0.15, -0.1) is 11.3 Å². The van der Waals surface area contributed by atoms with Crippen LogP contribution < -0.4 is 9.64 Å². The molecular formula is C21H22N2O3S. The zero-order chi connectivity index (χ0) is 18.8. The summed E-state index contributed by atoms with van der Waals surface area (Å²) in [7, 11) is 1.59. The lowest BCUT2D eigenvalue weighted by Crippen LogP contribution is -2.39. The zero-order valence-electron chi connectivity index (χ0n) is 15.3. The van der Waals surface area contributed by atoms with Crippen LogP contribution in [-0.2, 0) is 9.59 Å². The summed E-state index contributed by atoms with van der Waals surface area (Å²) in [5.41, 5.74) is 2.05. The number of thiophene rings is 1. The Bertz CT molecular complexity index is 875. The average molecular weight is 382 g/mol. The number of benzene rings is 1. The van der Waals surface area contributed by atoms with E-state index in [-0.39, 0.29) is 24.2 Å². The molecular weight excluding hydrogens is 360 g/mol. The minimum Gasteiger partial charge on any atom is -0.495 e. The van der Waals surface area contributed by atoms with Crippen LogP contribution in [0.25, 0.3) is 5.57 Å². The predicted molar refractivity (Wildman–Crippen MR) is 107 cm³/mol. The van der Waals surface area contributed by atoms with Crippen molar-refractivity contribution in [2.24, 2.45) is 5.92 Å². The van der Waals surface area contributed by atoms with Gasteiger partial charge in [0.05, 0.1) is 18.7 Å². The van der Waals surface area contributed by atoms with Gasteiger partial charge in [-0.05, 0) is 35.6 Å². The molecule has 140 valence electrons. The topological polar surface area (TPSA) is 49.9 Å². The minimum absolute atomic E-state index is 0.0234. The summed E-state index contributed by atoms with van der Waals surface area (Å²) in [4.78, 5) is 30.3. The van der Waals surface area contributed by atoms with Gasteiger partial charge in [0, 0.05) is 30.9 Å². The van der Waals surface area contributed by atoms with Crippen LogP contribution in [0.4, 0.5) is 5.69 Å². The number of amides is 2. The van der Waals surface area contributed by atoms with Gasteiger partial charge in [-0.1, -0.05) is 24.3 Å². The van der Waals surface area contributed by atoms with Crippen molar-refractivity contribution in [1.82, 2.24) is 4.90 Å². The van der Waals surface area contributed by atoms with Crippen molar-refractivity contribution in [2.75, 3.05) is 31.6 Å². The van der Waals surface area contributed by atoms with Crippen molar-refractivity contribution in [3.8, 4) is 5.75 Å². The number of nitrogens with zero attached hydrogens (tertiary/aromatic N) is 2. The molecule has 3 heterocycles. The van der Waals surface area contributed by atoms with E-state index in [1.807, 2.05) is 29.2 Å². The number of para-hydroxylation sites is 2. The van der Waals surface area contributed by atoms with E-state index >= 15 is 0 Å². The van der Waals surface area contributed by atoms with E-state index in [0.29, 0.717) is 25.4 Å². The fraction of sp³-hybridized carbons (Fsp3) is 0.333. The highest BCUT2D eigenvalue weighted by molar-refractivity contribution is 7.11. The van der Waals surface area contributed by atoms with Gasteiger partial charge >= 0.3 is 0 Å². The summed E-state index contributed by atoms with van der Waals surface area (Å²) in [6.07, 6.45) is 3.26. The predicted octanol–water partition coefficient (Wildman–Crippen LogP) is 3.43. The molecule has 1 aromatic heterocycles. The van der Waals surface area contributed by atoms with Crippen molar-refractivity contribution in [3.63, 3.8) is 0 Å². The molecule has 2 amide bonds. The fourth-order valence-corrected chi connectivity index (χ4v) is 4.57. The van der Waals surface area contributed by atoms with E-state index in [9.17, 15) is 9.59 Å². The highest BCUT2D eigenvalue weighted by Gasteiger charge is 2.38. The normalized spacial score (nSPS) is 20.0. The summed E-state index contributed by atoms with van der Waals surface area (Å²) in [5.74, 6) is 0.409. The van der Waals surface area contributed by atoms with Gasteiger partial charge < -0.3 is 14.5 Å². The highest BCUT2D eigenvalue weighted by Crippen LogP contribution is 2.34. The van der Waals surface area contributed by atoms with Gasteiger partial charge in [0.25, 0.3) is 0 Å². The van der Waals surface area contributed by atoms with E-state index in [1.54, 1.807) is 23.3 Å². The SMILES string of the molecule is COc1ccccc1N1CC(C(=O)N2CC=C(c3cccs3)CC2)CC1=O. The maximum Gasteiger partial charge on any atom is 0.228 e. The van der Waals surface area contributed by atoms with Gasteiger partial charge in [0.1, 0.15) is 5.75 Å². The number of rotatable bonds is 4. The molecule has 1 saturated heterocycles. The van der Waals surface area contributed by atoms with Crippen LogP contribution in [0, 0.1) is 5.92 Å². The largest absolute Gasteiger partial charge is 0.495 e. The van der Waals surface area contributed by atoms with Crippen LogP contribution >= 0.6 is 11.3 Å². The third-order valence-corrected chi connectivity index (χ3v) is 6.15. The Hall–Kier alpha value is -2.60. The Morgan fingerprint density at radius 3 is 2.78 bits per heavy atom. The second-order valence-corrected chi connectivity index (χ2v) is 7.77. The van der Waals surface area contributed by atoms with Crippen molar-refractivity contribution < 1.29 is 14.3 Å². The number of hydrogen-bond acceptors (Lipinski definition) is 4. The minimum atomic E-state index is -0.292.